The summed E-state index contributed by atoms with van der Waals surface area (Å²) >= 11 is 6.61. The maximum Gasteiger partial charge on any atom is 0.163 e. The average molecular weight is 482 g/mol. The van der Waals surface area contributed by atoms with Crippen LogP contribution in [0.1, 0.15) is 22.4 Å². The first-order valence-corrected chi connectivity index (χ1v) is 12.3. The topological polar surface area (TPSA) is 38.7 Å². The van der Waals surface area contributed by atoms with Crippen LogP contribution in [0.5, 0.6) is 0 Å². The van der Waals surface area contributed by atoms with E-state index < -0.39 is 5.41 Å². The van der Waals surface area contributed by atoms with E-state index in [2.05, 4.69) is 77.8 Å². The predicted octanol–water partition coefficient (Wildman–Crippen LogP) is 7.71. The third kappa shape index (κ3) is 3.03. The number of hydrogen-bond donors (Lipinski definition) is 0. The molecule has 4 heteroatoms. The van der Waals surface area contributed by atoms with E-state index in [1.807, 2.05) is 48.7 Å². The Hall–Kier alpha value is -4.34. The fourth-order valence-electron chi connectivity index (χ4n) is 5.52. The van der Waals surface area contributed by atoms with Crippen molar-refractivity contribution in [1.29, 1.82) is 0 Å². The molecule has 0 bridgehead atoms. The number of fused-ring (bicyclic) bond motifs is 4. The highest BCUT2D eigenvalue weighted by Crippen LogP contribution is 2.56. The second-order valence-electron chi connectivity index (χ2n) is 9.02. The van der Waals surface area contributed by atoms with Gasteiger partial charge in [0, 0.05) is 22.2 Å². The van der Waals surface area contributed by atoms with Crippen molar-refractivity contribution in [2.75, 3.05) is 0 Å². The zero-order chi connectivity index (χ0) is 24.1. The maximum atomic E-state index is 6.61. The molecule has 2 heterocycles. The van der Waals surface area contributed by atoms with Gasteiger partial charge in [-0.25, -0.2) is 15.0 Å². The number of rotatable bonds is 3. The van der Waals surface area contributed by atoms with Crippen LogP contribution < -0.4 is 0 Å². The number of hydrogen-bond acceptors (Lipinski definition) is 3. The molecule has 0 radical (unpaired) electrons. The first-order chi connectivity index (χ1) is 17.7. The molecule has 4 aromatic carbocycles. The van der Waals surface area contributed by atoms with Crippen LogP contribution in [0.15, 0.2) is 121 Å². The lowest BCUT2D eigenvalue weighted by molar-refractivity contribution is 0.738. The van der Waals surface area contributed by atoms with Gasteiger partial charge in [-0.1, -0.05) is 103 Å². The van der Waals surface area contributed by atoms with Crippen molar-refractivity contribution < 1.29 is 0 Å². The minimum atomic E-state index is -0.621. The summed E-state index contributed by atoms with van der Waals surface area (Å²) in [6, 6.07) is 39.5. The summed E-state index contributed by atoms with van der Waals surface area (Å²) in [6.45, 7) is 0. The van der Waals surface area contributed by atoms with Gasteiger partial charge in [-0.05, 0) is 52.1 Å². The van der Waals surface area contributed by atoms with Crippen LogP contribution in [-0.2, 0) is 5.41 Å². The van der Waals surface area contributed by atoms with Crippen LogP contribution in [0.3, 0.4) is 0 Å². The number of aromatic nitrogens is 3. The van der Waals surface area contributed by atoms with Crippen LogP contribution in [0.2, 0.25) is 5.02 Å². The summed E-state index contributed by atoms with van der Waals surface area (Å²) in [6.07, 6.45) is 1.85. The van der Waals surface area contributed by atoms with Gasteiger partial charge in [0.05, 0.1) is 11.1 Å². The van der Waals surface area contributed by atoms with Gasteiger partial charge in [0.25, 0.3) is 0 Å². The van der Waals surface area contributed by atoms with Crippen molar-refractivity contribution in [3.8, 4) is 22.5 Å². The highest BCUT2D eigenvalue weighted by molar-refractivity contribution is 6.30. The molecule has 6 aromatic rings. The van der Waals surface area contributed by atoms with E-state index in [4.69, 9.17) is 21.6 Å². The van der Waals surface area contributed by atoms with Gasteiger partial charge in [0.15, 0.2) is 11.5 Å². The predicted molar refractivity (Wildman–Crippen MR) is 145 cm³/mol. The molecule has 2 aromatic heterocycles. The van der Waals surface area contributed by atoms with Crippen LogP contribution in [-0.4, -0.2) is 15.0 Å². The fraction of sp³-hybridized carbons (Fsp3) is 0.0312. The Morgan fingerprint density at radius 1 is 0.611 bits per heavy atom. The first kappa shape index (κ1) is 21.0. The van der Waals surface area contributed by atoms with Crippen molar-refractivity contribution in [3.05, 3.63) is 149 Å². The molecule has 0 fully saturated rings. The van der Waals surface area contributed by atoms with Crippen LogP contribution >= 0.6 is 11.6 Å². The molecule has 36 heavy (non-hydrogen) atoms. The SMILES string of the molecule is Clc1ccc2c(c1)C(c1ccccc1)(c1ccc3cnc(-c4ccccc4)nc3n1)c1ccccc1-2. The fourth-order valence-corrected chi connectivity index (χ4v) is 5.69. The van der Waals surface area contributed by atoms with Crippen molar-refractivity contribution in [2.24, 2.45) is 0 Å². The van der Waals surface area contributed by atoms with E-state index in [0.29, 0.717) is 16.5 Å². The summed E-state index contributed by atoms with van der Waals surface area (Å²) in [4.78, 5) is 14.7. The Labute approximate surface area is 214 Å². The Morgan fingerprint density at radius 3 is 2.17 bits per heavy atom. The van der Waals surface area contributed by atoms with Gasteiger partial charge in [-0.3, -0.25) is 0 Å². The minimum Gasteiger partial charge on any atom is -0.236 e. The molecule has 0 spiro atoms. The number of nitrogens with zero attached hydrogens (tertiary/aromatic N) is 3. The third-order valence-corrected chi connectivity index (χ3v) is 7.31. The Balaban J connectivity index is 1.56. The molecular formula is C32H20ClN3. The Kier molecular flexibility index (Phi) is 4.73. The number of benzene rings is 4. The quantitative estimate of drug-likeness (QED) is 0.259. The van der Waals surface area contributed by atoms with Crippen molar-refractivity contribution in [3.63, 3.8) is 0 Å². The standard InChI is InChI=1S/C32H20ClN3/c33-24-16-17-26-25-13-7-8-14-27(25)32(28(26)19-24,23-11-5-2-6-12-23)29-18-15-22-20-34-30(36-31(22)35-29)21-9-3-1-4-10-21/h1-20H. The van der Waals surface area contributed by atoms with E-state index in [-0.39, 0.29) is 0 Å². The monoisotopic (exact) mass is 481 g/mol. The van der Waals surface area contributed by atoms with E-state index in [1.165, 1.54) is 16.7 Å². The van der Waals surface area contributed by atoms with Crippen molar-refractivity contribution in [2.45, 2.75) is 5.41 Å². The van der Waals surface area contributed by atoms with Gasteiger partial charge in [-0.2, -0.15) is 0 Å². The second-order valence-corrected chi connectivity index (χ2v) is 9.46. The van der Waals surface area contributed by atoms with Gasteiger partial charge < -0.3 is 0 Å². The molecular weight excluding hydrogens is 462 g/mol. The molecule has 0 aliphatic heterocycles. The molecule has 1 aliphatic rings. The molecule has 0 saturated carbocycles. The summed E-state index contributed by atoms with van der Waals surface area (Å²) in [7, 11) is 0. The molecule has 1 aliphatic carbocycles. The van der Waals surface area contributed by atoms with Crippen molar-refractivity contribution in [1.82, 2.24) is 15.0 Å². The van der Waals surface area contributed by atoms with E-state index in [9.17, 15) is 0 Å². The van der Waals surface area contributed by atoms with E-state index in [0.717, 1.165) is 27.8 Å². The molecule has 0 N–H and O–H groups in total. The van der Waals surface area contributed by atoms with E-state index in [1.54, 1.807) is 0 Å². The minimum absolute atomic E-state index is 0.621. The molecule has 170 valence electrons. The van der Waals surface area contributed by atoms with Gasteiger partial charge in [0.1, 0.15) is 0 Å². The highest BCUT2D eigenvalue weighted by Gasteiger charge is 2.47. The van der Waals surface area contributed by atoms with Crippen LogP contribution in [0, 0.1) is 0 Å². The lowest BCUT2D eigenvalue weighted by Crippen LogP contribution is -2.29. The maximum absolute atomic E-state index is 6.61. The second kappa shape index (κ2) is 8.11. The largest absolute Gasteiger partial charge is 0.236 e. The number of pyridine rings is 1. The Morgan fingerprint density at radius 2 is 1.33 bits per heavy atom. The lowest BCUT2D eigenvalue weighted by Gasteiger charge is -2.32. The first-order valence-electron chi connectivity index (χ1n) is 11.9. The van der Waals surface area contributed by atoms with Gasteiger partial charge in [-0.15, -0.1) is 0 Å². The summed E-state index contributed by atoms with van der Waals surface area (Å²) in [5.41, 5.74) is 7.76. The van der Waals surface area contributed by atoms with Crippen LogP contribution in [0.25, 0.3) is 33.5 Å². The highest BCUT2D eigenvalue weighted by atomic mass is 35.5. The van der Waals surface area contributed by atoms with Gasteiger partial charge >= 0.3 is 0 Å². The molecule has 0 amide bonds. The smallest absolute Gasteiger partial charge is 0.163 e. The molecule has 0 saturated heterocycles. The average Bonchev–Trinajstić information content (AvgIpc) is 3.23. The Bertz CT molecular complexity index is 1750. The zero-order valence-electron chi connectivity index (χ0n) is 19.3. The van der Waals surface area contributed by atoms with Crippen molar-refractivity contribution >= 4 is 22.6 Å². The summed E-state index contributed by atoms with van der Waals surface area (Å²) < 4.78 is 0. The normalized spacial score (nSPS) is 16.0. The summed E-state index contributed by atoms with van der Waals surface area (Å²) in [5, 5.41) is 1.61. The van der Waals surface area contributed by atoms with E-state index >= 15 is 0 Å². The molecule has 1 atom stereocenters. The zero-order valence-corrected chi connectivity index (χ0v) is 20.0. The summed E-state index contributed by atoms with van der Waals surface area (Å²) in [5.74, 6) is 0.664. The third-order valence-electron chi connectivity index (χ3n) is 7.07. The molecule has 7 rings (SSSR count). The number of halogens is 1. The lowest BCUT2D eigenvalue weighted by atomic mass is 9.70. The molecule has 1 unspecified atom stereocenters. The van der Waals surface area contributed by atoms with Gasteiger partial charge in [0.2, 0.25) is 0 Å². The molecule has 3 nitrogen and oxygen atoms in total. The van der Waals surface area contributed by atoms with Crippen LogP contribution in [0.4, 0.5) is 0 Å².